The number of rotatable bonds is 6. The van der Waals surface area contributed by atoms with Crippen molar-refractivity contribution in [3.8, 4) is 0 Å². The van der Waals surface area contributed by atoms with Gasteiger partial charge in [-0.05, 0) is 13.5 Å². The van der Waals surface area contributed by atoms with Crippen LogP contribution < -0.4 is 5.32 Å². The maximum Gasteiger partial charge on any atom is 0.311 e. The summed E-state index contributed by atoms with van der Waals surface area (Å²) in [4.78, 5) is 25.8. The Morgan fingerprint density at radius 2 is 1.86 bits per heavy atom. The lowest BCUT2D eigenvalue weighted by atomic mass is 9.97. The Balaban J connectivity index is 2.14. The first kappa shape index (κ1) is 16.2. The Morgan fingerprint density at radius 1 is 1.19 bits per heavy atom. The number of hydrogen-bond acceptors (Lipinski definition) is 5. The quantitative estimate of drug-likeness (QED) is 0.691. The Labute approximate surface area is 124 Å². The van der Waals surface area contributed by atoms with Gasteiger partial charge in [0.15, 0.2) is 0 Å². The number of hydrogen-bond donors (Lipinski definition) is 2. The summed E-state index contributed by atoms with van der Waals surface area (Å²) in [5, 5.41) is 12.4. The van der Waals surface area contributed by atoms with Crippen LogP contribution >= 0.6 is 0 Å². The SMILES string of the molecule is CCCN(C(=O)C1COCC1NC)C1COCC1C(=O)O. The lowest BCUT2D eigenvalue weighted by molar-refractivity contribution is -0.146. The maximum absolute atomic E-state index is 12.8. The maximum atomic E-state index is 12.8. The molecule has 2 aliphatic rings. The topological polar surface area (TPSA) is 88.1 Å². The summed E-state index contributed by atoms with van der Waals surface area (Å²) in [5.74, 6) is -1.83. The van der Waals surface area contributed by atoms with E-state index >= 15 is 0 Å². The molecular formula is C14H24N2O5. The lowest BCUT2D eigenvalue weighted by Gasteiger charge is -2.33. The van der Waals surface area contributed by atoms with Crippen LogP contribution in [-0.2, 0) is 19.1 Å². The van der Waals surface area contributed by atoms with Crippen LogP contribution in [0.25, 0.3) is 0 Å². The molecule has 2 rings (SSSR count). The fourth-order valence-corrected chi connectivity index (χ4v) is 3.06. The number of carboxylic acid groups (broad SMARTS) is 1. The van der Waals surface area contributed by atoms with E-state index in [9.17, 15) is 14.7 Å². The van der Waals surface area contributed by atoms with Gasteiger partial charge in [0.05, 0.1) is 38.4 Å². The van der Waals surface area contributed by atoms with E-state index in [1.165, 1.54) is 0 Å². The van der Waals surface area contributed by atoms with E-state index in [0.29, 0.717) is 26.4 Å². The van der Waals surface area contributed by atoms with E-state index in [2.05, 4.69) is 5.32 Å². The van der Waals surface area contributed by atoms with E-state index in [-0.39, 0.29) is 30.5 Å². The van der Waals surface area contributed by atoms with Gasteiger partial charge in [0, 0.05) is 12.6 Å². The number of likely N-dealkylation sites (N-methyl/N-ethyl adjacent to an activating group) is 1. The van der Waals surface area contributed by atoms with Crippen molar-refractivity contribution >= 4 is 11.9 Å². The molecule has 0 aromatic rings. The van der Waals surface area contributed by atoms with Crippen LogP contribution in [0.1, 0.15) is 13.3 Å². The number of ether oxygens (including phenoxy) is 2. The molecule has 0 aromatic carbocycles. The normalized spacial score (nSPS) is 32.3. The van der Waals surface area contributed by atoms with Gasteiger partial charge in [-0.25, -0.2) is 0 Å². The molecule has 0 aromatic heterocycles. The van der Waals surface area contributed by atoms with Crippen LogP contribution in [0.2, 0.25) is 0 Å². The van der Waals surface area contributed by atoms with Gasteiger partial charge in [-0.15, -0.1) is 0 Å². The molecule has 0 spiro atoms. The molecule has 2 fully saturated rings. The summed E-state index contributed by atoms with van der Waals surface area (Å²) >= 11 is 0. The molecule has 2 aliphatic heterocycles. The second-order valence-corrected chi connectivity index (χ2v) is 5.62. The second kappa shape index (κ2) is 7.20. The summed E-state index contributed by atoms with van der Waals surface area (Å²) < 4.78 is 10.7. The molecule has 2 saturated heterocycles. The van der Waals surface area contributed by atoms with Gasteiger partial charge < -0.3 is 24.8 Å². The Hall–Kier alpha value is -1.18. The van der Waals surface area contributed by atoms with E-state index in [4.69, 9.17) is 9.47 Å². The van der Waals surface area contributed by atoms with Gasteiger partial charge in [-0.3, -0.25) is 9.59 Å². The standard InChI is InChI=1S/C14H24N2O5/c1-3-4-16(12-8-21-6-10(12)14(18)19)13(17)9-5-20-7-11(9)15-2/h9-12,15H,3-8H2,1-2H3,(H,18,19). The van der Waals surface area contributed by atoms with Gasteiger partial charge in [0.1, 0.15) is 5.92 Å². The highest BCUT2D eigenvalue weighted by Crippen LogP contribution is 2.25. The van der Waals surface area contributed by atoms with Gasteiger partial charge in [-0.2, -0.15) is 0 Å². The molecule has 1 amide bonds. The Kier molecular flexibility index (Phi) is 5.55. The smallest absolute Gasteiger partial charge is 0.311 e. The van der Waals surface area contributed by atoms with Gasteiger partial charge in [0.2, 0.25) is 5.91 Å². The van der Waals surface area contributed by atoms with Crippen LogP contribution in [0.15, 0.2) is 0 Å². The van der Waals surface area contributed by atoms with Crippen molar-refractivity contribution in [2.24, 2.45) is 11.8 Å². The molecule has 4 atom stereocenters. The van der Waals surface area contributed by atoms with Crippen molar-refractivity contribution in [1.29, 1.82) is 0 Å². The van der Waals surface area contributed by atoms with Crippen molar-refractivity contribution in [2.75, 3.05) is 40.0 Å². The minimum absolute atomic E-state index is 0.0116. The predicted molar refractivity (Wildman–Crippen MR) is 74.9 cm³/mol. The monoisotopic (exact) mass is 300 g/mol. The van der Waals surface area contributed by atoms with Crippen LogP contribution in [0.5, 0.6) is 0 Å². The number of carboxylic acids is 1. The lowest BCUT2D eigenvalue weighted by Crippen LogP contribution is -2.52. The minimum Gasteiger partial charge on any atom is -0.481 e. The van der Waals surface area contributed by atoms with E-state index in [1.54, 1.807) is 4.90 Å². The van der Waals surface area contributed by atoms with Crippen LogP contribution in [0.3, 0.4) is 0 Å². The van der Waals surface area contributed by atoms with E-state index in [1.807, 2.05) is 14.0 Å². The summed E-state index contributed by atoms with van der Waals surface area (Å²) in [7, 11) is 1.81. The number of carbonyl (C=O) groups excluding carboxylic acids is 1. The van der Waals surface area contributed by atoms with Crippen molar-refractivity contribution in [3.05, 3.63) is 0 Å². The molecule has 21 heavy (non-hydrogen) atoms. The highest BCUT2D eigenvalue weighted by atomic mass is 16.5. The molecule has 2 heterocycles. The molecule has 0 saturated carbocycles. The molecule has 7 nitrogen and oxygen atoms in total. The molecule has 4 unspecified atom stereocenters. The average Bonchev–Trinajstić information content (AvgIpc) is 3.11. The Morgan fingerprint density at radius 3 is 2.48 bits per heavy atom. The van der Waals surface area contributed by atoms with Crippen molar-refractivity contribution < 1.29 is 24.2 Å². The molecule has 2 N–H and O–H groups in total. The summed E-state index contributed by atoms with van der Waals surface area (Å²) in [6.45, 7) is 3.88. The van der Waals surface area contributed by atoms with Gasteiger partial charge in [-0.1, -0.05) is 6.92 Å². The van der Waals surface area contributed by atoms with Gasteiger partial charge in [0.25, 0.3) is 0 Å². The number of aliphatic carboxylic acids is 1. The van der Waals surface area contributed by atoms with Crippen LogP contribution in [0.4, 0.5) is 0 Å². The molecule has 7 heteroatoms. The highest BCUT2D eigenvalue weighted by Gasteiger charge is 2.43. The first-order valence-corrected chi connectivity index (χ1v) is 7.46. The third-order valence-electron chi connectivity index (χ3n) is 4.28. The molecular weight excluding hydrogens is 276 g/mol. The fraction of sp³-hybridized carbons (Fsp3) is 0.857. The van der Waals surface area contributed by atoms with Crippen molar-refractivity contribution in [1.82, 2.24) is 10.2 Å². The number of amides is 1. The van der Waals surface area contributed by atoms with Crippen LogP contribution in [0, 0.1) is 11.8 Å². The minimum atomic E-state index is -0.903. The first-order chi connectivity index (χ1) is 10.1. The zero-order valence-electron chi connectivity index (χ0n) is 12.6. The second-order valence-electron chi connectivity index (χ2n) is 5.62. The summed E-state index contributed by atoms with van der Waals surface area (Å²) in [5.41, 5.74) is 0. The molecule has 0 bridgehead atoms. The molecule has 0 radical (unpaired) electrons. The van der Waals surface area contributed by atoms with E-state index in [0.717, 1.165) is 6.42 Å². The number of nitrogens with one attached hydrogen (secondary N) is 1. The van der Waals surface area contributed by atoms with E-state index < -0.39 is 11.9 Å². The van der Waals surface area contributed by atoms with Crippen molar-refractivity contribution in [2.45, 2.75) is 25.4 Å². The fourth-order valence-electron chi connectivity index (χ4n) is 3.06. The zero-order valence-corrected chi connectivity index (χ0v) is 12.6. The number of carbonyl (C=O) groups is 2. The first-order valence-electron chi connectivity index (χ1n) is 7.46. The predicted octanol–water partition coefficient (Wildman–Crippen LogP) is -0.441. The summed E-state index contributed by atoms with van der Waals surface area (Å²) in [6.07, 6.45) is 0.784. The third kappa shape index (κ3) is 3.36. The van der Waals surface area contributed by atoms with Gasteiger partial charge >= 0.3 is 5.97 Å². The molecule has 120 valence electrons. The third-order valence-corrected chi connectivity index (χ3v) is 4.28. The van der Waals surface area contributed by atoms with Crippen LogP contribution in [-0.4, -0.2) is 74.0 Å². The van der Waals surface area contributed by atoms with Crippen molar-refractivity contribution in [3.63, 3.8) is 0 Å². The summed E-state index contributed by atoms with van der Waals surface area (Å²) in [6, 6.07) is -0.393. The molecule has 0 aliphatic carbocycles. The largest absolute Gasteiger partial charge is 0.481 e. The zero-order chi connectivity index (χ0) is 15.4. The number of nitrogens with zero attached hydrogens (tertiary/aromatic N) is 1. The average molecular weight is 300 g/mol. The Bertz CT molecular complexity index is 390. The highest BCUT2D eigenvalue weighted by molar-refractivity contribution is 5.81.